The quantitative estimate of drug-likeness (QED) is 0.384. The monoisotopic (exact) mass is 491 g/mol. The summed E-state index contributed by atoms with van der Waals surface area (Å²) in [4.78, 5) is 3.42. The molecular formula is C21H18INO3S. The van der Waals surface area contributed by atoms with E-state index in [9.17, 15) is 8.42 Å². The van der Waals surface area contributed by atoms with Gasteiger partial charge >= 0.3 is 167 Å². The summed E-state index contributed by atoms with van der Waals surface area (Å²) < 4.78 is 33.7. The average Bonchev–Trinajstić information content (AvgIpc) is 3.11. The van der Waals surface area contributed by atoms with Crippen molar-refractivity contribution in [2.24, 2.45) is 0 Å². The zero-order chi connectivity index (χ0) is 18.9. The van der Waals surface area contributed by atoms with E-state index in [0.29, 0.717) is 0 Å². The van der Waals surface area contributed by atoms with Crippen LogP contribution in [0.5, 0.6) is 0 Å². The topological polar surface area (TPSA) is 59.2 Å². The molecule has 0 fully saturated rings. The Bertz CT molecular complexity index is 1170. The standard InChI is InChI=1S/C21H18INO3S/c1-16-11-13-18(14-12-16)27(24,25)26-22(17-7-3-2-4-8-17)20-15-23-21-10-6-5-9-19(20)21/h2-15,23H,1H3. The molecule has 0 atom stereocenters. The van der Waals surface area contributed by atoms with E-state index in [1.54, 1.807) is 24.3 Å². The van der Waals surface area contributed by atoms with Crippen LogP contribution in [-0.4, -0.2) is 13.4 Å². The van der Waals surface area contributed by atoms with E-state index in [2.05, 4.69) is 4.98 Å². The van der Waals surface area contributed by atoms with E-state index in [-0.39, 0.29) is 4.90 Å². The second-order valence-electron chi connectivity index (χ2n) is 6.06. The Kier molecular flexibility index (Phi) is 5.03. The first-order valence-corrected chi connectivity index (χ1v) is 12.8. The summed E-state index contributed by atoms with van der Waals surface area (Å²) in [7, 11) is -3.86. The molecule has 1 aromatic heterocycles. The van der Waals surface area contributed by atoms with Crippen molar-refractivity contribution in [3.63, 3.8) is 0 Å². The van der Waals surface area contributed by atoms with Crippen LogP contribution in [0.4, 0.5) is 0 Å². The minimum atomic E-state index is -3.86. The second kappa shape index (κ2) is 7.46. The Morgan fingerprint density at radius 2 is 1.52 bits per heavy atom. The van der Waals surface area contributed by atoms with E-state index < -0.39 is 30.4 Å². The Morgan fingerprint density at radius 3 is 2.26 bits per heavy atom. The third kappa shape index (κ3) is 3.78. The minimum absolute atomic E-state index is 0.186. The summed E-state index contributed by atoms with van der Waals surface area (Å²) in [6, 6.07) is 24.3. The zero-order valence-electron chi connectivity index (χ0n) is 14.6. The fourth-order valence-electron chi connectivity index (χ4n) is 2.72. The van der Waals surface area contributed by atoms with Gasteiger partial charge in [-0.15, -0.1) is 0 Å². The van der Waals surface area contributed by atoms with Gasteiger partial charge in [0.2, 0.25) is 0 Å². The molecule has 0 aliphatic carbocycles. The first-order chi connectivity index (χ1) is 13.0. The number of aromatic nitrogens is 1. The molecule has 0 amide bonds. The van der Waals surface area contributed by atoms with Crippen molar-refractivity contribution in [2.75, 3.05) is 0 Å². The van der Waals surface area contributed by atoms with Gasteiger partial charge < -0.3 is 0 Å². The van der Waals surface area contributed by atoms with Crippen molar-refractivity contribution < 1.29 is 10.9 Å². The van der Waals surface area contributed by atoms with E-state index in [1.807, 2.05) is 67.7 Å². The van der Waals surface area contributed by atoms with Crippen molar-refractivity contribution in [1.82, 2.24) is 4.98 Å². The molecule has 4 rings (SSSR count). The molecule has 0 aliphatic heterocycles. The van der Waals surface area contributed by atoms with Crippen LogP contribution in [0.3, 0.4) is 0 Å². The van der Waals surface area contributed by atoms with Gasteiger partial charge in [-0.1, -0.05) is 0 Å². The molecule has 0 saturated carbocycles. The number of rotatable bonds is 5. The van der Waals surface area contributed by atoms with Gasteiger partial charge in [0.15, 0.2) is 0 Å². The summed E-state index contributed by atoms with van der Waals surface area (Å²) in [5.41, 5.74) is 1.98. The second-order valence-corrected chi connectivity index (χ2v) is 12.5. The SMILES string of the molecule is Cc1ccc(S(=O)(=O)OI(c2ccccc2)c2c[nH]c3ccccc23)cc1. The third-order valence-electron chi connectivity index (χ3n) is 4.11. The van der Waals surface area contributed by atoms with E-state index in [1.165, 1.54) is 0 Å². The predicted molar refractivity (Wildman–Crippen MR) is 116 cm³/mol. The van der Waals surface area contributed by atoms with Gasteiger partial charge in [-0.2, -0.15) is 0 Å². The fraction of sp³-hybridized carbons (Fsp3) is 0.0476. The summed E-state index contributed by atoms with van der Waals surface area (Å²) in [5.74, 6) is 0. The summed E-state index contributed by atoms with van der Waals surface area (Å²) in [5, 5.41) is 1.01. The molecule has 138 valence electrons. The number of hydrogen-bond acceptors (Lipinski definition) is 3. The van der Waals surface area contributed by atoms with Crippen molar-refractivity contribution in [3.05, 3.63) is 97.8 Å². The summed E-state index contributed by atoms with van der Waals surface area (Å²) >= 11 is -2.70. The molecule has 0 spiro atoms. The van der Waals surface area contributed by atoms with Gasteiger partial charge in [0.25, 0.3) is 0 Å². The Morgan fingerprint density at radius 1 is 0.852 bits per heavy atom. The molecule has 0 bridgehead atoms. The number of hydrogen-bond donors (Lipinski definition) is 1. The van der Waals surface area contributed by atoms with Gasteiger partial charge in [-0.25, -0.2) is 0 Å². The van der Waals surface area contributed by atoms with E-state index in [4.69, 9.17) is 2.51 Å². The molecule has 0 aliphatic rings. The number of aryl methyl sites for hydroxylation is 1. The Balaban J connectivity index is 1.81. The molecule has 4 aromatic rings. The van der Waals surface area contributed by atoms with Gasteiger partial charge in [-0.3, -0.25) is 0 Å². The Hall–Kier alpha value is -2.16. The van der Waals surface area contributed by atoms with Gasteiger partial charge in [0.1, 0.15) is 0 Å². The molecule has 27 heavy (non-hydrogen) atoms. The van der Waals surface area contributed by atoms with Crippen molar-refractivity contribution >= 4 is 41.3 Å². The molecule has 0 radical (unpaired) electrons. The molecule has 0 saturated heterocycles. The number of fused-ring (bicyclic) bond motifs is 1. The number of H-pyrrole nitrogens is 1. The summed E-state index contributed by atoms with van der Waals surface area (Å²) in [6.45, 7) is 1.92. The van der Waals surface area contributed by atoms with Crippen LogP contribution in [0, 0.1) is 14.1 Å². The maximum atomic E-state index is 13.0. The van der Waals surface area contributed by atoms with Crippen molar-refractivity contribution in [1.29, 1.82) is 0 Å². The fourth-order valence-corrected chi connectivity index (χ4v) is 9.99. The molecule has 1 N–H and O–H groups in total. The Labute approximate surface area is 166 Å². The van der Waals surface area contributed by atoms with Crippen LogP contribution in [0.1, 0.15) is 5.56 Å². The normalized spacial score (nSPS) is 12.3. The number of benzene rings is 3. The number of para-hydroxylation sites is 1. The van der Waals surface area contributed by atoms with Crippen LogP contribution >= 0.6 is 20.2 Å². The van der Waals surface area contributed by atoms with Crippen LogP contribution in [0.2, 0.25) is 0 Å². The maximum absolute atomic E-state index is 13.0. The van der Waals surface area contributed by atoms with Gasteiger partial charge in [0.05, 0.1) is 0 Å². The van der Waals surface area contributed by atoms with Crippen molar-refractivity contribution in [3.8, 4) is 0 Å². The number of aromatic amines is 1. The van der Waals surface area contributed by atoms with Gasteiger partial charge in [-0.05, 0) is 0 Å². The number of halogens is 1. The van der Waals surface area contributed by atoms with Crippen LogP contribution in [-0.2, 0) is 12.6 Å². The zero-order valence-corrected chi connectivity index (χ0v) is 17.6. The molecular weight excluding hydrogens is 473 g/mol. The van der Waals surface area contributed by atoms with Gasteiger partial charge in [0, 0.05) is 0 Å². The average molecular weight is 491 g/mol. The molecule has 4 nitrogen and oxygen atoms in total. The molecule has 1 heterocycles. The van der Waals surface area contributed by atoms with Crippen LogP contribution in [0.15, 0.2) is 90.0 Å². The third-order valence-corrected chi connectivity index (χ3v) is 11.5. The molecule has 0 unspecified atom stereocenters. The van der Waals surface area contributed by atoms with E-state index in [0.717, 1.165) is 23.6 Å². The van der Waals surface area contributed by atoms with Crippen molar-refractivity contribution in [2.45, 2.75) is 11.8 Å². The first-order valence-electron chi connectivity index (χ1n) is 8.37. The molecule has 3 aromatic carbocycles. The van der Waals surface area contributed by atoms with Crippen LogP contribution < -0.4 is 0 Å². The van der Waals surface area contributed by atoms with E-state index >= 15 is 0 Å². The summed E-state index contributed by atoms with van der Waals surface area (Å²) in [6.07, 6.45) is 1.88. The predicted octanol–water partition coefficient (Wildman–Crippen LogP) is 5.34. The number of nitrogens with one attached hydrogen (secondary N) is 1. The van der Waals surface area contributed by atoms with Crippen LogP contribution in [0.25, 0.3) is 10.9 Å². The first kappa shape index (κ1) is 18.2. The molecule has 6 heteroatoms.